The molecule has 0 aliphatic rings. The fourth-order valence-electron chi connectivity index (χ4n) is 2.12. The van der Waals surface area contributed by atoms with Gasteiger partial charge in [-0.1, -0.05) is 19.4 Å². The van der Waals surface area contributed by atoms with E-state index < -0.39 is 9.84 Å². The minimum absolute atomic E-state index is 0.0482. The van der Waals surface area contributed by atoms with Crippen molar-refractivity contribution in [1.82, 2.24) is 5.32 Å². The van der Waals surface area contributed by atoms with Crippen molar-refractivity contribution in [3.05, 3.63) is 29.3 Å². The molecule has 1 rings (SSSR count). The summed E-state index contributed by atoms with van der Waals surface area (Å²) in [5.74, 6) is 0.956. The second kappa shape index (κ2) is 8.39. The van der Waals surface area contributed by atoms with Crippen LogP contribution in [0.5, 0.6) is 5.75 Å². The maximum atomic E-state index is 12.2. The Bertz CT molecular complexity index is 540. The highest BCUT2D eigenvalue weighted by molar-refractivity contribution is 7.90. The Morgan fingerprint density at radius 3 is 2.57 bits per heavy atom. The molecule has 4 nitrogen and oxygen atoms in total. The summed E-state index contributed by atoms with van der Waals surface area (Å²) in [7, 11) is -1.20. The van der Waals surface area contributed by atoms with E-state index in [0.717, 1.165) is 17.5 Å². The van der Waals surface area contributed by atoms with Gasteiger partial charge in [0, 0.05) is 11.6 Å². The van der Waals surface area contributed by atoms with Crippen molar-refractivity contribution in [2.45, 2.75) is 45.4 Å². The number of sulfone groups is 1. The monoisotopic (exact) mass is 313 g/mol. The van der Waals surface area contributed by atoms with Crippen LogP contribution in [0, 0.1) is 0 Å². The second-order valence-electron chi connectivity index (χ2n) is 5.26. The molecule has 21 heavy (non-hydrogen) atoms. The SMILES string of the molecule is CCCCS(=O)(=O)Cc1cc(C(C)NC)ccc1OCC. The molecule has 0 aliphatic carbocycles. The van der Waals surface area contributed by atoms with Crippen LogP contribution < -0.4 is 10.1 Å². The maximum absolute atomic E-state index is 12.2. The highest BCUT2D eigenvalue weighted by Gasteiger charge is 2.16. The molecule has 1 atom stereocenters. The molecule has 0 radical (unpaired) electrons. The van der Waals surface area contributed by atoms with Crippen molar-refractivity contribution in [1.29, 1.82) is 0 Å². The molecule has 5 heteroatoms. The van der Waals surface area contributed by atoms with Crippen LogP contribution >= 0.6 is 0 Å². The Morgan fingerprint density at radius 2 is 2.00 bits per heavy atom. The summed E-state index contributed by atoms with van der Waals surface area (Å²) in [5.41, 5.74) is 1.83. The molecule has 0 saturated heterocycles. The lowest BCUT2D eigenvalue weighted by molar-refractivity contribution is 0.337. The summed E-state index contributed by atoms with van der Waals surface area (Å²) in [6, 6.07) is 5.97. The molecule has 0 amide bonds. The number of nitrogens with one attached hydrogen (secondary N) is 1. The lowest BCUT2D eigenvalue weighted by Gasteiger charge is -2.16. The molecule has 0 fully saturated rings. The lowest BCUT2D eigenvalue weighted by Crippen LogP contribution is -2.14. The van der Waals surface area contributed by atoms with Crippen LogP contribution in [0.4, 0.5) is 0 Å². The Kier molecular flexibility index (Phi) is 7.18. The molecule has 1 unspecified atom stereocenters. The van der Waals surface area contributed by atoms with Crippen LogP contribution in [-0.4, -0.2) is 27.8 Å². The van der Waals surface area contributed by atoms with Crippen LogP contribution in [0.2, 0.25) is 0 Å². The van der Waals surface area contributed by atoms with Gasteiger partial charge in [-0.05, 0) is 45.0 Å². The Labute approximate surface area is 128 Å². The summed E-state index contributed by atoms with van der Waals surface area (Å²) < 4.78 is 30.0. The van der Waals surface area contributed by atoms with Gasteiger partial charge >= 0.3 is 0 Å². The summed E-state index contributed by atoms with van der Waals surface area (Å²) in [6.45, 7) is 6.48. The molecule has 0 aromatic heterocycles. The van der Waals surface area contributed by atoms with Crippen LogP contribution in [0.15, 0.2) is 18.2 Å². The zero-order valence-electron chi connectivity index (χ0n) is 13.5. The molecule has 1 aromatic rings. The number of hydrogen-bond acceptors (Lipinski definition) is 4. The van der Waals surface area contributed by atoms with Crippen molar-refractivity contribution in [2.24, 2.45) is 0 Å². The Morgan fingerprint density at radius 1 is 1.29 bits per heavy atom. The van der Waals surface area contributed by atoms with E-state index in [0.29, 0.717) is 18.8 Å². The Hall–Kier alpha value is -1.07. The summed E-state index contributed by atoms with van der Waals surface area (Å²) in [5, 5.41) is 3.17. The van der Waals surface area contributed by atoms with Crippen LogP contribution in [-0.2, 0) is 15.6 Å². The zero-order valence-corrected chi connectivity index (χ0v) is 14.3. The molecule has 0 bridgehead atoms. The van der Waals surface area contributed by atoms with Crippen molar-refractivity contribution in [3.8, 4) is 5.75 Å². The van der Waals surface area contributed by atoms with Crippen molar-refractivity contribution < 1.29 is 13.2 Å². The number of unbranched alkanes of at least 4 members (excludes halogenated alkanes) is 1. The first-order valence-corrected chi connectivity index (χ1v) is 9.39. The molecule has 0 saturated carbocycles. The van der Waals surface area contributed by atoms with Gasteiger partial charge in [0.05, 0.1) is 18.1 Å². The van der Waals surface area contributed by atoms with E-state index in [1.54, 1.807) is 0 Å². The third kappa shape index (κ3) is 5.67. The molecule has 1 aromatic carbocycles. The molecular weight excluding hydrogens is 286 g/mol. The molecule has 0 aliphatic heterocycles. The fraction of sp³-hybridized carbons (Fsp3) is 0.625. The van der Waals surface area contributed by atoms with Crippen LogP contribution in [0.1, 0.15) is 50.8 Å². The predicted molar refractivity (Wildman–Crippen MR) is 87.5 cm³/mol. The molecule has 1 N–H and O–H groups in total. The van der Waals surface area contributed by atoms with E-state index in [4.69, 9.17) is 4.74 Å². The van der Waals surface area contributed by atoms with Gasteiger partial charge in [-0.15, -0.1) is 0 Å². The largest absolute Gasteiger partial charge is 0.494 e. The van der Waals surface area contributed by atoms with Crippen molar-refractivity contribution in [3.63, 3.8) is 0 Å². The third-order valence-corrected chi connectivity index (χ3v) is 5.16. The fourth-order valence-corrected chi connectivity index (χ4v) is 3.69. The van der Waals surface area contributed by atoms with Gasteiger partial charge in [0.2, 0.25) is 0 Å². The number of ether oxygens (including phenoxy) is 1. The molecule has 120 valence electrons. The molecule has 0 heterocycles. The topological polar surface area (TPSA) is 55.4 Å². The van der Waals surface area contributed by atoms with E-state index in [9.17, 15) is 8.42 Å². The number of rotatable bonds is 9. The lowest BCUT2D eigenvalue weighted by atomic mass is 10.1. The predicted octanol–water partition coefficient (Wildman–Crippen LogP) is 3.08. The van der Waals surface area contributed by atoms with E-state index in [2.05, 4.69) is 5.32 Å². The normalized spacial score (nSPS) is 13.1. The highest BCUT2D eigenvalue weighted by Crippen LogP contribution is 2.26. The van der Waals surface area contributed by atoms with Gasteiger partial charge in [-0.25, -0.2) is 8.42 Å². The Balaban J connectivity index is 3.05. The molecular formula is C16H27NO3S. The first-order chi connectivity index (χ1) is 9.93. The minimum Gasteiger partial charge on any atom is -0.494 e. The first kappa shape index (κ1) is 18.0. The van der Waals surface area contributed by atoms with Gasteiger partial charge in [-0.2, -0.15) is 0 Å². The number of benzene rings is 1. The smallest absolute Gasteiger partial charge is 0.154 e. The summed E-state index contributed by atoms with van der Waals surface area (Å²) in [6.07, 6.45) is 1.59. The van der Waals surface area contributed by atoms with Gasteiger partial charge in [0.15, 0.2) is 9.84 Å². The van der Waals surface area contributed by atoms with Gasteiger partial charge in [0.1, 0.15) is 5.75 Å². The van der Waals surface area contributed by atoms with Crippen LogP contribution in [0.25, 0.3) is 0 Å². The minimum atomic E-state index is -3.09. The van der Waals surface area contributed by atoms with Gasteiger partial charge < -0.3 is 10.1 Å². The standard InChI is InChI=1S/C16H27NO3S/c1-5-7-10-21(18,19)12-15-11-14(13(3)17-4)8-9-16(15)20-6-2/h8-9,11,13,17H,5-7,10,12H2,1-4H3. The third-order valence-electron chi connectivity index (χ3n) is 3.50. The molecule has 0 spiro atoms. The number of hydrogen-bond donors (Lipinski definition) is 1. The van der Waals surface area contributed by atoms with Crippen molar-refractivity contribution >= 4 is 9.84 Å². The van der Waals surface area contributed by atoms with Gasteiger partial charge in [0.25, 0.3) is 0 Å². The highest BCUT2D eigenvalue weighted by atomic mass is 32.2. The van der Waals surface area contributed by atoms with E-state index in [1.807, 2.05) is 46.0 Å². The van der Waals surface area contributed by atoms with Gasteiger partial charge in [-0.3, -0.25) is 0 Å². The van der Waals surface area contributed by atoms with Crippen LogP contribution in [0.3, 0.4) is 0 Å². The van der Waals surface area contributed by atoms with Crippen molar-refractivity contribution in [2.75, 3.05) is 19.4 Å². The second-order valence-corrected chi connectivity index (χ2v) is 7.44. The van der Waals surface area contributed by atoms with E-state index in [-0.39, 0.29) is 17.5 Å². The first-order valence-electron chi connectivity index (χ1n) is 7.56. The van der Waals surface area contributed by atoms with E-state index >= 15 is 0 Å². The average molecular weight is 313 g/mol. The van der Waals surface area contributed by atoms with E-state index in [1.165, 1.54) is 0 Å². The quantitative estimate of drug-likeness (QED) is 0.761. The summed E-state index contributed by atoms with van der Waals surface area (Å²) >= 11 is 0. The summed E-state index contributed by atoms with van der Waals surface area (Å²) in [4.78, 5) is 0. The maximum Gasteiger partial charge on any atom is 0.154 e. The zero-order chi connectivity index (χ0) is 15.9. The average Bonchev–Trinajstić information content (AvgIpc) is 2.46.